The molecular weight excluding hydrogens is 483 g/mol. The van der Waals surface area contributed by atoms with Gasteiger partial charge in [0.05, 0.1) is 6.10 Å². The lowest BCUT2D eigenvalue weighted by Gasteiger charge is -2.52. The molecule has 0 spiro atoms. The summed E-state index contributed by atoms with van der Waals surface area (Å²) >= 11 is 0. The average Bonchev–Trinajstić information content (AvgIpc) is 2.67. The van der Waals surface area contributed by atoms with Crippen molar-refractivity contribution in [1.29, 1.82) is 0 Å². The Morgan fingerprint density at radius 3 is 2.76 bits per heavy atom. The van der Waals surface area contributed by atoms with Crippen molar-refractivity contribution >= 4 is 35.8 Å². The van der Waals surface area contributed by atoms with Crippen molar-refractivity contribution in [3.05, 3.63) is 29.8 Å². The topological polar surface area (TPSA) is 98.0 Å². The van der Waals surface area contributed by atoms with Crippen LogP contribution < -0.4 is 21.1 Å². The fourth-order valence-corrected chi connectivity index (χ4v) is 3.23. The van der Waals surface area contributed by atoms with Gasteiger partial charge in [0.25, 0.3) is 5.91 Å². The number of guanidine groups is 1. The first-order valence-corrected chi connectivity index (χ1v) is 9.95. The summed E-state index contributed by atoms with van der Waals surface area (Å²) in [5, 5.41) is 6.84. The van der Waals surface area contributed by atoms with Gasteiger partial charge in [-0.25, -0.2) is 0 Å². The molecule has 1 aromatic rings. The summed E-state index contributed by atoms with van der Waals surface area (Å²) in [6.45, 7) is 7.94. The van der Waals surface area contributed by atoms with Gasteiger partial charge in [0.15, 0.2) is 12.6 Å². The molecule has 0 radical (unpaired) electrons. The number of nitrogens with zero attached hydrogens (tertiary/aromatic N) is 1. The summed E-state index contributed by atoms with van der Waals surface area (Å²) in [4.78, 5) is 15.2. The number of unbranched alkanes of at least 4 members (excludes halogenated alkanes) is 1. The van der Waals surface area contributed by atoms with Gasteiger partial charge in [-0.3, -0.25) is 9.79 Å². The number of amides is 1. The van der Waals surface area contributed by atoms with Crippen LogP contribution in [0.3, 0.4) is 0 Å². The van der Waals surface area contributed by atoms with Gasteiger partial charge < -0.3 is 25.8 Å². The molecule has 0 saturated heterocycles. The Morgan fingerprint density at radius 1 is 1.38 bits per heavy atom. The molecule has 29 heavy (non-hydrogen) atoms. The largest absolute Gasteiger partial charge is 0.484 e. The van der Waals surface area contributed by atoms with Crippen molar-refractivity contribution in [3.63, 3.8) is 0 Å². The van der Waals surface area contributed by atoms with Crippen LogP contribution in [0.25, 0.3) is 0 Å². The summed E-state index contributed by atoms with van der Waals surface area (Å²) in [6.07, 6.45) is 3.53. The Morgan fingerprint density at radius 2 is 2.14 bits per heavy atom. The van der Waals surface area contributed by atoms with Gasteiger partial charge in [0.2, 0.25) is 0 Å². The van der Waals surface area contributed by atoms with Gasteiger partial charge in [-0.15, -0.1) is 24.0 Å². The smallest absolute Gasteiger partial charge is 0.255 e. The minimum Gasteiger partial charge on any atom is -0.484 e. The number of aliphatic imine (C=N–C) groups is 1. The summed E-state index contributed by atoms with van der Waals surface area (Å²) in [6, 6.07) is 7.87. The Labute approximate surface area is 191 Å². The quantitative estimate of drug-likeness (QED) is 0.192. The van der Waals surface area contributed by atoms with Crippen molar-refractivity contribution < 1.29 is 14.3 Å². The second kappa shape index (κ2) is 12.2. The third kappa shape index (κ3) is 7.65. The first kappa shape index (κ1) is 25.5. The van der Waals surface area contributed by atoms with E-state index in [4.69, 9.17) is 15.2 Å². The Bertz CT molecular complexity index is 682. The zero-order chi connectivity index (χ0) is 20.6. The van der Waals surface area contributed by atoms with E-state index < -0.39 is 5.91 Å². The standard InChI is InChI=1S/C21H34N4O3.HI/c1-5-6-10-27-18-12-17(21(18,2)3)25-20(23-4)24-13-15-8-7-9-16(11-15)28-14-19(22)26;/h7-9,11,17-18H,5-6,10,12-14H2,1-4H3,(H2,22,26)(H2,23,24,25);1H. The molecule has 1 fully saturated rings. The Hall–Kier alpha value is -1.55. The van der Waals surface area contributed by atoms with E-state index in [-0.39, 0.29) is 42.1 Å². The number of rotatable bonds is 10. The monoisotopic (exact) mass is 518 g/mol. The minimum absolute atomic E-state index is 0. The van der Waals surface area contributed by atoms with Crippen molar-refractivity contribution in [2.24, 2.45) is 16.1 Å². The molecule has 2 unspecified atom stereocenters. The number of nitrogens with one attached hydrogen (secondary N) is 2. The molecule has 164 valence electrons. The van der Waals surface area contributed by atoms with Crippen LogP contribution in [0.15, 0.2) is 29.3 Å². The molecular formula is C21H35IN4O3. The predicted molar refractivity (Wildman–Crippen MR) is 127 cm³/mol. The molecule has 0 bridgehead atoms. The molecule has 4 N–H and O–H groups in total. The molecule has 1 aliphatic carbocycles. The third-order valence-electron chi connectivity index (χ3n) is 5.27. The summed E-state index contributed by atoms with van der Waals surface area (Å²) < 4.78 is 11.4. The van der Waals surface area contributed by atoms with Gasteiger partial charge in [0.1, 0.15) is 5.75 Å². The van der Waals surface area contributed by atoms with Crippen molar-refractivity contribution in [3.8, 4) is 5.75 Å². The number of halogens is 1. The van der Waals surface area contributed by atoms with Crippen LogP contribution in [0.4, 0.5) is 0 Å². The number of hydrogen-bond acceptors (Lipinski definition) is 4. The second-order valence-corrected chi connectivity index (χ2v) is 7.80. The van der Waals surface area contributed by atoms with Gasteiger partial charge >= 0.3 is 0 Å². The van der Waals surface area contributed by atoms with E-state index in [0.717, 1.165) is 37.4 Å². The van der Waals surface area contributed by atoms with E-state index in [1.165, 1.54) is 0 Å². The van der Waals surface area contributed by atoms with Crippen molar-refractivity contribution in [2.45, 2.75) is 58.7 Å². The molecule has 0 heterocycles. The fourth-order valence-electron chi connectivity index (χ4n) is 3.23. The lowest BCUT2D eigenvalue weighted by Crippen LogP contribution is -2.63. The maximum absolute atomic E-state index is 10.8. The number of nitrogens with two attached hydrogens (primary N) is 1. The van der Waals surface area contributed by atoms with Crippen LogP contribution in [-0.4, -0.2) is 44.3 Å². The summed E-state index contributed by atoms with van der Waals surface area (Å²) in [5.41, 5.74) is 6.21. The van der Waals surface area contributed by atoms with E-state index in [1.54, 1.807) is 13.1 Å². The minimum atomic E-state index is -0.492. The van der Waals surface area contributed by atoms with E-state index in [0.29, 0.717) is 18.3 Å². The second-order valence-electron chi connectivity index (χ2n) is 7.80. The van der Waals surface area contributed by atoms with Crippen LogP contribution >= 0.6 is 24.0 Å². The first-order chi connectivity index (χ1) is 13.4. The molecule has 2 atom stereocenters. The van der Waals surface area contributed by atoms with Gasteiger partial charge in [0, 0.05) is 31.7 Å². The maximum atomic E-state index is 10.8. The van der Waals surface area contributed by atoms with E-state index in [2.05, 4.69) is 36.4 Å². The third-order valence-corrected chi connectivity index (χ3v) is 5.27. The van der Waals surface area contributed by atoms with E-state index >= 15 is 0 Å². The molecule has 1 saturated carbocycles. The molecule has 1 aromatic carbocycles. The molecule has 2 rings (SSSR count). The molecule has 8 heteroatoms. The number of carbonyl (C=O) groups is 1. The molecule has 1 aliphatic rings. The van der Waals surface area contributed by atoms with Gasteiger partial charge in [-0.1, -0.05) is 39.3 Å². The van der Waals surface area contributed by atoms with Crippen LogP contribution in [0.2, 0.25) is 0 Å². The zero-order valence-electron chi connectivity index (χ0n) is 17.9. The van der Waals surface area contributed by atoms with Gasteiger partial charge in [-0.2, -0.15) is 0 Å². The van der Waals surface area contributed by atoms with E-state index in [1.807, 2.05) is 18.2 Å². The van der Waals surface area contributed by atoms with Crippen LogP contribution in [0, 0.1) is 5.41 Å². The molecule has 1 amide bonds. The highest BCUT2D eigenvalue weighted by Gasteiger charge is 2.49. The van der Waals surface area contributed by atoms with Crippen molar-refractivity contribution in [2.75, 3.05) is 20.3 Å². The lowest BCUT2D eigenvalue weighted by atomic mass is 9.64. The molecule has 7 nitrogen and oxygen atoms in total. The summed E-state index contributed by atoms with van der Waals surface area (Å²) in [5.74, 6) is 0.884. The number of hydrogen-bond donors (Lipinski definition) is 3. The summed E-state index contributed by atoms with van der Waals surface area (Å²) in [7, 11) is 1.77. The SMILES string of the molecule is CCCCOC1CC(NC(=NC)NCc2cccc(OCC(N)=O)c2)C1(C)C.I. The maximum Gasteiger partial charge on any atom is 0.255 e. The van der Waals surface area contributed by atoms with Crippen LogP contribution in [0.1, 0.15) is 45.6 Å². The highest BCUT2D eigenvalue weighted by Crippen LogP contribution is 2.42. The molecule has 0 aromatic heterocycles. The number of ether oxygens (including phenoxy) is 2. The van der Waals surface area contributed by atoms with Gasteiger partial charge in [-0.05, 0) is 30.5 Å². The Balaban J connectivity index is 0.00000420. The number of benzene rings is 1. The first-order valence-electron chi connectivity index (χ1n) is 9.95. The lowest BCUT2D eigenvalue weighted by molar-refractivity contribution is -0.119. The predicted octanol–water partition coefficient (Wildman–Crippen LogP) is 2.82. The van der Waals surface area contributed by atoms with Crippen LogP contribution in [-0.2, 0) is 16.1 Å². The highest BCUT2D eigenvalue weighted by molar-refractivity contribution is 14.0. The zero-order valence-corrected chi connectivity index (χ0v) is 20.2. The van der Waals surface area contributed by atoms with E-state index in [9.17, 15) is 4.79 Å². The fraction of sp³-hybridized carbons (Fsp3) is 0.619. The van der Waals surface area contributed by atoms with Crippen molar-refractivity contribution in [1.82, 2.24) is 10.6 Å². The average molecular weight is 518 g/mol. The molecule has 0 aliphatic heterocycles. The normalized spacial score (nSPS) is 20.2. The number of carbonyl (C=O) groups excluding carboxylic acids is 1. The highest BCUT2D eigenvalue weighted by atomic mass is 127. The van der Waals surface area contributed by atoms with Crippen LogP contribution in [0.5, 0.6) is 5.75 Å². The Kier molecular flexibility index (Phi) is 10.7. The number of primary amides is 1.